The molecule has 23 heavy (non-hydrogen) atoms. The largest absolute Gasteiger partial charge is 0.377 e. The van der Waals surface area contributed by atoms with E-state index in [1.807, 2.05) is 41.1 Å². The first-order valence-electron chi connectivity index (χ1n) is 8.14. The fraction of sp³-hybridized carbons (Fsp3) is 0.444. The third-order valence-corrected chi connectivity index (χ3v) is 4.30. The Labute approximate surface area is 136 Å². The Hall–Kier alpha value is -2.14. The van der Waals surface area contributed by atoms with E-state index < -0.39 is 0 Å². The molecule has 0 aliphatic carbocycles. The van der Waals surface area contributed by atoms with Crippen LogP contribution in [0, 0.1) is 11.8 Å². The van der Waals surface area contributed by atoms with Crippen molar-refractivity contribution in [2.45, 2.75) is 32.9 Å². The van der Waals surface area contributed by atoms with Crippen LogP contribution in [0.15, 0.2) is 42.7 Å². The quantitative estimate of drug-likeness (QED) is 0.923. The number of carbonyl (C=O) groups is 1. The maximum absolute atomic E-state index is 12.5. The smallest absolute Gasteiger partial charge is 0.226 e. The summed E-state index contributed by atoms with van der Waals surface area (Å²) in [7, 11) is 0. The maximum atomic E-state index is 12.5. The van der Waals surface area contributed by atoms with Crippen molar-refractivity contribution in [3.8, 4) is 5.69 Å². The summed E-state index contributed by atoms with van der Waals surface area (Å²) in [5, 5.41) is 3.02. The lowest BCUT2D eigenvalue weighted by atomic mass is 9.92. The Bertz CT molecular complexity index is 651. The molecule has 2 aromatic rings. The van der Waals surface area contributed by atoms with Crippen LogP contribution in [0.25, 0.3) is 5.69 Å². The minimum absolute atomic E-state index is 0.0175. The number of rotatable bonds is 5. The topological polar surface area (TPSA) is 56.1 Å². The lowest BCUT2D eigenvalue weighted by molar-refractivity contribution is -0.127. The van der Waals surface area contributed by atoms with Crippen LogP contribution in [0.1, 0.15) is 26.1 Å². The van der Waals surface area contributed by atoms with Crippen molar-refractivity contribution < 1.29 is 9.53 Å². The number of carbonyl (C=O) groups excluding carboxylic acids is 1. The second kappa shape index (κ2) is 6.96. The van der Waals surface area contributed by atoms with E-state index in [2.05, 4.69) is 24.1 Å². The van der Waals surface area contributed by atoms with Crippen LogP contribution >= 0.6 is 0 Å². The van der Waals surface area contributed by atoms with Gasteiger partial charge in [-0.25, -0.2) is 4.98 Å². The minimum atomic E-state index is -0.0601. The van der Waals surface area contributed by atoms with Crippen LogP contribution < -0.4 is 5.32 Å². The molecular formula is C18H23N3O2. The van der Waals surface area contributed by atoms with Crippen molar-refractivity contribution in [2.75, 3.05) is 6.61 Å². The van der Waals surface area contributed by atoms with Gasteiger partial charge in [0.1, 0.15) is 5.82 Å². The van der Waals surface area contributed by atoms with Gasteiger partial charge in [-0.2, -0.15) is 0 Å². The summed E-state index contributed by atoms with van der Waals surface area (Å²) in [5.41, 5.74) is 1.04. The molecule has 2 unspecified atom stereocenters. The van der Waals surface area contributed by atoms with Gasteiger partial charge in [-0.05, 0) is 24.5 Å². The van der Waals surface area contributed by atoms with E-state index in [1.165, 1.54) is 0 Å². The first kappa shape index (κ1) is 15.7. The molecular weight excluding hydrogens is 290 g/mol. The highest BCUT2D eigenvalue weighted by atomic mass is 16.5. The number of nitrogens with zero attached hydrogens (tertiary/aromatic N) is 2. The zero-order chi connectivity index (χ0) is 16.2. The molecule has 1 N–H and O–H groups in total. The fourth-order valence-electron chi connectivity index (χ4n) is 3.13. The minimum Gasteiger partial charge on any atom is -0.377 e. The molecule has 0 saturated carbocycles. The summed E-state index contributed by atoms with van der Waals surface area (Å²) < 4.78 is 7.69. The summed E-state index contributed by atoms with van der Waals surface area (Å²) in [6.45, 7) is 5.28. The van der Waals surface area contributed by atoms with Crippen LogP contribution in [-0.2, 0) is 16.1 Å². The van der Waals surface area contributed by atoms with Gasteiger partial charge in [0.2, 0.25) is 5.91 Å². The van der Waals surface area contributed by atoms with Crippen molar-refractivity contribution in [3.63, 3.8) is 0 Å². The molecule has 0 radical (unpaired) electrons. The fourth-order valence-corrected chi connectivity index (χ4v) is 3.13. The molecule has 122 valence electrons. The third kappa shape index (κ3) is 3.45. The first-order valence-corrected chi connectivity index (χ1v) is 8.14. The molecule has 2 atom stereocenters. The number of amides is 1. The van der Waals surface area contributed by atoms with Gasteiger partial charge in [0.25, 0.3) is 0 Å². The highest BCUT2D eigenvalue weighted by Crippen LogP contribution is 2.27. The number of hydrogen-bond donors (Lipinski definition) is 1. The van der Waals surface area contributed by atoms with Crippen LogP contribution in [0.5, 0.6) is 0 Å². The normalized spacial score (nSPS) is 20.8. The Morgan fingerprint density at radius 3 is 2.91 bits per heavy atom. The summed E-state index contributed by atoms with van der Waals surface area (Å²) in [6, 6.07) is 9.99. The van der Waals surface area contributed by atoms with Gasteiger partial charge < -0.3 is 14.6 Å². The van der Waals surface area contributed by atoms with E-state index >= 15 is 0 Å². The summed E-state index contributed by atoms with van der Waals surface area (Å²) in [4.78, 5) is 16.8. The van der Waals surface area contributed by atoms with E-state index in [4.69, 9.17) is 4.74 Å². The summed E-state index contributed by atoms with van der Waals surface area (Å²) in [5.74, 6) is 1.17. The molecule has 1 aromatic heterocycles. The molecule has 1 fully saturated rings. The number of para-hydroxylation sites is 1. The monoisotopic (exact) mass is 313 g/mol. The van der Waals surface area contributed by atoms with Gasteiger partial charge >= 0.3 is 0 Å². The van der Waals surface area contributed by atoms with Gasteiger partial charge in [0.15, 0.2) is 0 Å². The second-order valence-corrected chi connectivity index (χ2v) is 6.24. The van der Waals surface area contributed by atoms with Crippen molar-refractivity contribution in [3.05, 3.63) is 48.5 Å². The SMILES string of the molecule is CC(C)C1OCCC1C(=O)NCc1nccn1-c1ccccc1. The van der Waals surface area contributed by atoms with Gasteiger partial charge in [0, 0.05) is 24.7 Å². The summed E-state index contributed by atoms with van der Waals surface area (Å²) in [6.07, 6.45) is 4.47. The number of imidazole rings is 1. The Morgan fingerprint density at radius 1 is 1.39 bits per heavy atom. The Balaban J connectivity index is 1.65. The molecule has 5 heteroatoms. The molecule has 1 aromatic carbocycles. The lowest BCUT2D eigenvalue weighted by Gasteiger charge is -2.21. The zero-order valence-electron chi connectivity index (χ0n) is 13.6. The van der Waals surface area contributed by atoms with Crippen LogP contribution in [0.3, 0.4) is 0 Å². The van der Waals surface area contributed by atoms with Gasteiger partial charge in [-0.15, -0.1) is 0 Å². The Morgan fingerprint density at radius 2 is 2.17 bits per heavy atom. The number of ether oxygens (including phenoxy) is 1. The average Bonchev–Trinajstić information content (AvgIpc) is 3.22. The average molecular weight is 313 g/mol. The van der Waals surface area contributed by atoms with Crippen molar-refractivity contribution in [1.82, 2.24) is 14.9 Å². The molecule has 1 aliphatic heterocycles. The number of benzene rings is 1. The van der Waals surface area contributed by atoms with Crippen molar-refractivity contribution in [2.24, 2.45) is 11.8 Å². The van der Waals surface area contributed by atoms with E-state index in [-0.39, 0.29) is 17.9 Å². The zero-order valence-corrected chi connectivity index (χ0v) is 13.6. The highest BCUT2D eigenvalue weighted by molar-refractivity contribution is 5.79. The molecule has 2 heterocycles. The van der Waals surface area contributed by atoms with Gasteiger partial charge in [0.05, 0.1) is 18.6 Å². The van der Waals surface area contributed by atoms with E-state index in [1.54, 1.807) is 6.20 Å². The van der Waals surface area contributed by atoms with E-state index in [9.17, 15) is 4.79 Å². The van der Waals surface area contributed by atoms with E-state index in [0.29, 0.717) is 19.1 Å². The molecule has 1 amide bonds. The Kier molecular flexibility index (Phi) is 4.76. The van der Waals surface area contributed by atoms with Crippen molar-refractivity contribution in [1.29, 1.82) is 0 Å². The standard InChI is InChI=1S/C18H23N3O2/c1-13(2)17-15(8-11-23-17)18(22)20-12-16-19-9-10-21(16)14-6-4-3-5-7-14/h3-7,9-10,13,15,17H,8,11-12H2,1-2H3,(H,20,22). The molecule has 1 saturated heterocycles. The number of hydrogen-bond acceptors (Lipinski definition) is 3. The lowest BCUT2D eigenvalue weighted by Crippen LogP contribution is -2.37. The number of nitrogens with one attached hydrogen (secondary N) is 1. The van der Waals surface area contributed by atoms with Crippen molar-refractivity contribution >= 4 is 5.91 Å². The molecule has 0 spiro atoms. The summed E-state index contributed by atoms with van der Waals surface area (Å²) >= 11 is 0. The molecule has 3 rings (SSSR count). The maximum Gasteiger partial charge on any atom is 0.226 e. The predicted octanol–water partition coefficient (Wildman–Crippen LogP) is 2.55. The van der Waals surface area contributed by atoms with Crippen LogP contribution in [-0.4, -0.2) is 28.2 Å². The van der Waals surface area contributed by atoms with E-state index in [0.717, 1.165) is 17.9 Å². The first-order chi connectivity index (χ1) is 11.2. The van der Waals surface area contributed by atoms with Gasteiger partial charge in [-0.3, -0.25) is 4.79 Å². The molecule has 5 nitrogen and oxygen atoms in total. The van der Waals surface area contributed by atoms with Crippen LogP contribution in [0.4, 0.5) is 0 Å². The predicted molar refractivity (Wildman–Crippen MR) is 88.1 cm³/mol. The second-order valence-electron chi connectivity index (χ2n) is 6.24. The third-order valence-electron chi connectivity index (χ3n) is 4.30. The van der Waals surface area contributed by atoms with Crippen LogP contribution in [0.2, 0.25) is 0 Å². The van der Waals surface area contributed by atoms with Gasteiger partial charge in [-0.1, -0.05) is 32.0 Å². The highest BCUT2D eigenvalue weighted by Gasteiger charge is 2.35. The molecule has 0 bridgehead atoms. The number of aromatic nitrogens is 2. The molecule has 1 aliphatic rings.